The Morgan fingerprint density at radius 2 is 0.551 bits per heavy atom. The van der Waals surface area contributed by atoms with Crippen molar-refractivity contribution in [2.75, 3.05) is 165 Å². The van der Waals surface area contributed by atoms with Gasteiger partial charge in [0, 0.05) is 6.92 Å². The van der Waals surface area contributed by atoms with Crippen LogP contribution in [0.4, 0.5) is 0 Å². The lowest BCUT2D eigenvalue weighted by molar-refractivity contribution is -0.156. The summed E-state index contributed by atoms with van der Waals surface area (Å²) in [4.78, 5) is 22.2. The van der Waals surface area contributed by atoms with Crippen LogP contribution in [0.15, 0.2) is 0 Å². The predicted molar refractivity (Wildman–Crippen MR) is 177 cm³/mol. The summed E-state index contributed by atoms with van der Waals surface area (Å²) in [5, 5.41) is 0. The van der Waals surface area contributed by atoms with Crippen LogP contribution >= 0.6 is 0 Å². The molecule has 49 heavy (non-hydrogen) atoms. The van der Waals surface area contributed by atoms with Crippen LogP contribution in [0.2, 0.25) is 0 Å². The van der Waals surface area contributed by atoms with Gasteiger partial charge in [-0.25, -0.2) is 0 Å². The molecule has 0 aliphatic carbocycles. The summed E-state index contributed by atoms with van der Waals surface area (Å²) in [6, 6.07) is 0. The number of rotatable bonds is 39. The molecule has 0 unspecified atom stereocenters. The molecule has 0 amide bonds. The molecule has 0 bridgehead atoms. The average molecular weight is 717 g/mol. The molecular formula is C33H64O16. The Morgan fingerprint density at radius 1 is 0.347 bits per heavy atom. The van der Waals surface area contributed by atoms with Crippen molar-refractivity contribution in [1.82, 2.24) is 0 Å². The lowest BCUT2D eigenvalue weighted by atomic mass is 10.2. The summed E-state index contributed by atoms with van der Waals surface area (Å²) in [7, 11) is 0. The zero-order valence-corrected chi connectivity index (χ0v) is 30.4. The molecule has 0 N–H and O–H groups in total. The normalized spacial score (nSPS) is 11.7. The summed E-state index contributed by atoms with van der Waals surface area (Å²) in [6.07, 6.45) is 0.228. The molecule has 292 valence electrons. The van der Waals surface area contributed by atoms with E-state index in [0.29, 0.717) is 159 Å². The van der Waals surface area contributed by atoms with Crippen molar-refractivity contribution in [2.45, 2.75) is 39.7 Å². The first-order valence-electron chi connectivity index (χ1n) is 17.1. The van der Waals surface area contributed by atoms with Crippen LogP contribution in [0, 0.1) is 0 Å². The van der Waals surface area contributed by atoms with Crippen molar-refractivity contribution in [3.63, 3.8) is 0 Å². The molecule has 0 aliphatic heterocycles. The lowest BCUT2D eigenvalue weighted by Gasteiger charge is -2.19. The van der Waals surface area contributed by atoms with Crippen LogP contribution in [0.5, 0.6) is 0 Å². The fourth-order valence-corrected chi connectivity index (χ4v) is 3.31. The van der Waals surface area contributed by atoms with E-state index in [1.807, 2.05) is 20.8 Å². The smallest absolute Gasteiger partial charge is 0.308 e. The van der Waals surface area contributed by atoms with Gasteiger partial charge in [-0.2, -0.15) is 0 Å². The molecule has 0 saturated carbocycles. The van der Waals surface area contributed by atoms with Gasteiger partial charge in [-0.3, -0.25) is 9.59 Å². The summed E-state index contributed by atoms with van der Waals surface area (Å²) in [5.41, 5.74) is -0.477. The SMILES string of the molecule is CC(=O)OCCOCCOCCOCCOCCOCCOCCOCCOCCOCCOCCOCCOCCC(=O)OC(C)(C)C. The average Bonchev–Trinajstić information content (AvgIpc) is 3.05. The van der Waals surface area contributed by atoms with Gasteiger partial charge in [-0.05, 0) is 20.8 Å². The van der Waals surface area contributed by atoms with E-state index in [4.69, 9.17) is 66.3 Å². The highest BCUT2D eigenvalue weighted by atomic mass is 16.6. The van der Waals surface area contributed by atoms with Crippen LogP contribution < -0.4 is 0 Å². The van der Waals surface area contributed by atoms with Crippen LogP contribution in [-0.4, -0.2) is 183 Å². The van der Waals surface area contributed by atoms with Crippen molar-refractivity contribution in [3.8, 4) is 0 Å². The van der Waals surface area contributed by atoms with Gasteiger partial charge in [-0.1, -0.05) is 0 Å². The predicted octanol–water partition coefficient (Wildman–Crippen LogP) is 1.48. The van der Waals surface area contributed by atoms with Gasteiger partial charge in [0.05, 0.1) is 165 Å². The van der Waals surface area contributed by atoms with E-state index < -0.39 is 5.60 Å². The zero-order valence-electron chi connectivity index (χ0n) is 30.4. The molecule has 0 heterocycles. The molecule has 0 aromatic carbocycles. The van der Waals surface area contributed by atoms with Gasteiger partial charge in [0.25, 0.3) is 0 Å². The second-order valence-electron chi connectivity index (χ2n) is 11.0. The highest BCUT2D eigenvalue weighted by molar-refractivity contribution is 5.69. The van der Waals surface area contributed by atoms with Crippen molar-refractivity contribution >= 4 is 11.9 Å². The van der Waals surface area contributed by atoms with E-state index in [9.17, 15) is 9.59 Å². The number of carbonyl (C=O) groups is 2. The lowest BCUT2D eigenvalue weighted by Crippen LogP contribution is -2.24. The van der Waals surface area contributed by atoms with Crippen molar-refractivity contribution in [1.29, 1.82) is 0 Å². The summed E-state index contributed by atoms with van der Waals surface area (Å²) in [5.74, 6) is -0.583. The third-order valence-electron chi connectivity index (χ3n) is 5.50. The summed E-state index contributed by atoms with van der Waals surface area (Å²) >= 11 is 0. The van der Waals surface area contributed by atoms with E-state index in [0.717, 1.165) is 0 Å². The van der Waals surface area contributed by atoms with E-state index in [2.05, 4.69) is 0 Å². The second-order valence-corrected chi connectivity index (χ2v) is 11.0. The van der Waals surface area contributed by atoms with Crippen LogP contribution in [0.25, 0.3) is 0 Å². The molecule has 0 atom stereocenters. The maximum absolute atomic E-state index is 11.6. The van der Waals surface area contributed by atoms with Crippen molar-refractivity contribution in [3.05, 3.63) is 0 Å². The van der Waals surface area contributed by atoms with E-state index in [-0.39, 0.29) is 25.0 Å². The highest BCUT2D eigenvalue weighted by Gasteiger charge is 2.15. The van der Waals surface area contributed by atoms with Gasteiger partial charge >= 0.3 is 11.9 Å². The molecule has 0 rings (SSSR count). The zero-order chi connectivity index (χ0) is 35.9. The quantitative estimate of drug-likeness (QED) is 0.0663. The molecule has 0 aliphatic rings. The number of hydrogen-bond acceptors (Lipinski definition) is 16. The fraction of sp³-hybridized carbons (Fsp3) is 0.939. The van der Waals surface area contributed by atoms with Crippen LogP contribution in [-0.2, 0) is 75.9 Å². The van der Waals surface area contributed by atoms with Gasteiger partial charge in [0.15, 0.2) is 0 Å². The minimum absolute atomic E-state index is 0.228. The minimum Gasteiger partial charge on any atom is -0.463 e. The Morgan fingerprint density at radius 3 is 0.755 bits per heavy atom. The van der Waals surface area contributed by atoms with E-state index in [1.54, 1.807) is 0 Å². The molecule has 0 fully saturated rings. The summed E-state index contributed by atoms with van der Waals surface area (Å²) < 4.78 is 75.0. The Hall–Kier alpha value is -1.54. The number of hydrogen-bond donors (Lipinski definition) is 0. The Balaban J connectivity index is 3.10. The third kappa shape index (κ3) is 44.4. The minimum atomic E-state index is -0.477. The second kappa shape index (κ2) is 37.7. The molecule has 16 nitrogen and oxygen atoms in total. The Bertz CT molecular complexity index is 707. The first-order valence-corrected chi connectivity index (χ1v) is 17.1. The maximum Gasteiger partial charge on any atom is 0.308 e. The van der Waals surface area contributed by atoms with Crippen molar-refractivity contribution < 1.29 is 75.9 Å². The number of esters is 2. The molecular weight excluding hydrogens is 652 g/mol. The fourth-order valence-electron chi connectivity index (χ4n) is 3.31. The molecule has 0 spiro atoms. The standard InChI is InChI=1S/C33H64O16/c1-31(34)48-30-29-47-28-27-46-26-25-45-24-23-44-22-21-43-20-19-42-18-17-41-16-15-40-14-13-39-12-11-38-10-9-37-8-7-36-6-5-32(35)49-33(2,3)4/h5-30H2,1-4H3. The highest BCUT2D eigenvalue weighted by Crippen LogP contribution is 2.08. The topological polar surface area (TPSA) is 163 Å². The van der Waals surface area contributed by atoms with Crippen LogP contribution in [0.3, 0.4) is 0 Å². The summed E-state index contributed by atoms with van der Waals surface area (Å²) in [6.45, 7) is 18.2. The monoisotopic (exact) mass is 716 g/mol. The Labute approximate surface area is 292 Å². The maximum atomic E-state index is 11.6. The number of ether oxygens (including phenoxy) is 14. The largest absolute Gasteiger partial charge is 0.463 e. The van der Waals surface area contributed by atoms with Gasteiger partial charge in [0.1, 0.15) is 12.2 Å². The van der Waals surface area contributed by atoms with Gasteiger partial charge < -0.3 is 66.3 Å². The van der Waals surface area contributed by atoms with Crippen molar-refractivity contribution in [2.24, 2.45) is 0 Å². The molecule has 0 radical (unpaired) electrons. The van der Waals surface area contributed by atoms with Crippen LogP contribution in [0.1, 0.15) is 34.1 Å². The Kier molecular flexibility index (Phi) is 36.5. The molecule has 16 heteroatoms. The molecule has 0 saturated heterocycles. The van der Waals surface area contributed by atoms with Gasteiger partial charge in [-0.15, -0.1) is 0 Å². The van der Waals surface area contributed by atoms with Gasteiger partial charge in [0.2, 0.25) is 0 Å². The van der Waals surface area contributed by atoms with E-state index in [1.165, 1.54) is 6.92 Å². The third-order valence-corrected chi connectivity index (χ3v) is 5.50. The molecule has 0 aromatic heterocycles. The molecule has 0 aromatic rings. The first kappa shape index (κ1) is 47.5. The first-order chi connectivity index (χ1) is 23.8. The number of carbonyl (C=O) groups excluding carboxylic acids is 2. The van der Waals surface area contributed by atoms with E-state index >= 15 is 0 Å².